The maximum absolute atomic E-state index is 13.6. The fourth-order valence-corrected chi connectivity index (χ4v) is 4.25. The quantitative estimate of drug-likeness (QED) is 0.663. The minimum Gasteiger partial charge on any atom is -0.440 e. The number of halogens is 2. The van der Waals surface area contributed by atoms with E-state index < -0.39 is 5.92 Å². The minimum atomic E-state index is -0.840. The number of nitriles is 1. The van der Waals surface area contributed by atoms with E-state index in [-0.39, 0.29) is 28.3 Å². The van der Waals surface area contributed by atoms with Crippen LogP contribution in [0.1, 0.15) is 28.3 Å². The van der Waals surface area contributed by atoms with Crippen molar-refractivity contribution in [1.82, 2.24) is 9.55 Å². The van der Waals surface area contributed by atoms with Gasteiger partial charge in [0.1, 0.15) is 17.4 Å². The van der Waals surface area contributed by atoms with E-state index in [1.807, 2.05) is 6.07 Å². The molecule has 2 aromatic heterocycles. The predicted molar refractivity (Wildman–Crippen MR) is 115 cm³/mol. The largest absolute Gasteiger partial charge is 0.440 e. The van der Waals surface area contributed by atoms with E-state index in [9.17, 15) is 10.1 Å². The summed E-state index contributed by atoms with van der Waals surface area (Å²) >= 11 is 12.9. The average molecular weight is 439 g/mol. The lowest BCUT2D eigenvalue weighted by Crippen LogP contribution is -2.33. The molecule has 1 aliphatic heterocycles. The number of benzene rings is 1. The van der Waals surface area contributed by atoms with Crippen LogP contribution in [-0.2, 0) is 6.54 Å². The van der Waals surface area contributed by atoms with Crippen molar-refractivity contribution in [3.8, 4) is 11.8 Å². The Kier molecular flexibility index (Phi) is 5.25. The zero-order chi connectivity index (χ0) is 21.4. The first-order valence-electron chi connectivity index (χ1n) is 9.07. The van der Waals surface area contributed by atoms with Gasteiger partial charge in [-0.3, -0.25) is 9.78 Å². The van der Waals surface area contributed by atoms with Crippen molar-refractivity contribution < 1.29 is 4.74 Å². The summed E-state index contributed by atoms with van der Waals surface area (Å²) in [5.41, 5.74) is 8.06. The third-order valence-corrected chi connectivity index (χ3v) is 5.70. The topological polar surface area (TPSA) is 93.9 Å². The van der Waals surface area contributed by atoms with Crippen molar-refractivity contribution >= 4 is 23.2 Å². The lowest BCUT2D eigenvalue weighted by molar-refractivity contribution is 0.389. The molecule has 1 unspecified atom stereocenters. The molecule has 0 spiro atoms. The summed E-state index contributed by atoms with van der Waals surface area (Å²) < 4.78 is 7.26. The molecule has 1 aromatic carbocycles. The molecule has 0 aliphatic carbocycles. The molecule has 3 heterocycles. The monoisotopic (exact) mass is 438 g/mol. The van der Waals surface area contributed by atoms with Crippen molar-refractivity contribution in [2.45, 2.75) is 19.4 Å². The molecule has 0 amide bonds. The maximum atomic E-state index is 13.6. The third-order valence-electron chi connectivity index (χ3n) is 5.04. The molecule has 6 nitrogen and oxygen atoms in total. The first-order valence-corrected chi connectivity index (χ1v) is 9.82. The Labute approximate surface area is 182 Å². The molecule has 30 heavy (non-hydrogen) atoms. The minimum absolute atomic E-state index is 0.0743. The van der Waals surface area contributed by atoms with Crippen LogP contribution < -0.4 is 16.0 Å². The van der Waals surface area contributed by atoms with Crippen LogP contribution in [0.3, 0.4) is 0 Å². The van der Waals surface area contributed by atoms with Gasteiger partial charge in [0.05, 0.1) is 18.0 Å². The second-order valence-corrected chi connectivity index (χ2v) is 7.69. The standard InChI is InChI=1S/C22H16Cl2N4O2/c1-12-8-17-20(22(29)28(12)11-13-4-3-7-27-10-13)18(14(9-25)21(26)30-17)19-15(23)5-2-6-16(19)24/h2-8,10,18H,11,26H2,1H3. The Morgan fingerprint density at radius 2 is 1.97 bits per heavy atom. The summed E-state index contributed by atoms with van der Waals surface area (Å²) in [5, 5.41) is 10.4. The Morgan fingerprint density at radius 1 is 1.23 bits per heavy atom. The van der Waals surface area contributed by atoms with E-state index in [4.69, 9.17) is 33.7 Å². The molecular formula is C22H16Cl2N4O2. The van der Waals surface area contributed by atoms with Crippen LogP contribution >= 0.6 is 23.2 Å². The van der Waals surface area contributed by atoms with E-state index in [0.29, 0.717) is 27.8 Å². The van der Waals surface area contributed by atoms with Gasteiger partial charge in [-0.05, 0) is 30.7 Å². The third kappa shape index (κ3) is 3.32. The van der Waals surface area contributed by atoms with Gasteiger partial charge in [-0.15, -0.1) is 0 Å². The van der Waals surface area contributed by atoms with Crippen LogP contribution in [0.4, 0.5) is 0 Å². The number of rotatable bonds is 3. The van der Waals surface area contributed by atoms with Crippen LogP contribution in [-0.4, -0.2) is 9.55 Å². The summed E-state index contributed by atoms with van der Waals surface area (Å²) in [6.07, 6.45) is 3.37. The molecule has 1 aliphatic rings. The first-order chi connectivity index (χ1) is 14.4. The van der Waals surface area contributed by atoms with Gasteiger partial charge in [-0.25, -0.2) is 0 Å². The number of nitrogens with two attached hydrogens (primary N) is 1. The fraction of sp³-hybridized carbons (Fsp3) is 0.136. The highest BCUT2D eigenvalue weighted by molar-refractivity contribution is 6.36. The Hall–Kier alpha value is -3.27. The van der Waals surface area contributed by atoms with E-state index in [1.165, 1.54) is 0 Å². The Balaban J connectivity index is 1.99. The zero-order valence-electron chi connectivity index (χ0n) is 15.9. The number of allylic oxidation sites excluding steroid dienone is 1. The van der Waals surface area contributed by atoms with Crippen molar-refractivity contribution in [1.29, 1.82) is 5.26 Å². The Morgan fingerprint density at radius 3 is 2.60 bits per heavy atom. The number of aromatic nitrogens is 2. The summed E-state index contributed by atoms with van der Waals surface area (Å²) in [6.45, 7) is 2.12. The summed E-state index contributed by atoms with van der Waals surface area (Å²) in [7, 11) is 0. The molecule has 150 valence electrons. The summed E-state index contributed by atoms with van der Waals surface area (Å²) in [5.74, 6) is -0.625. The van der Waals surface area contributed by atoms with E-state index in [2.05, 4.69) is 11.1 Å². The van der Waals surface area contributed by atoms with Gasteiger partial charge >= 0.3 is 0 Å². The van der Waals surface area contributed by atoms with Gasteiger partial charge in [-0.1, -0.05) is 35.3 Å². The molecule has 0 saturated carbocycles. The fourth-order valence-electron chi connectivity index (χ4n) is 3.63. The molecular weight excluding hydrogens is 423 g/mol. The van der Waals surface area contributed by atoms with Crippen LogP contribution in [0.15, 0.2) is 65.0 Å². The number of ether oxygens (including phenoxy) is 1. The Bertz CT molecular complexity index is 1260. The van der Waals surface area contributed by atoms with Crippen molar-refractivity contribution in [2.75, 3.05) is 0 Å². The highest BCUT2D eigenvalue weighted by atomic mass is 35.5. The summed E-state index contributed by atoms with van der Waals surface area (Å²) in [6, 6.07) is 12.5. The molecule has 0 saturated heterocycles. The molecule has 3 aromatic rings. The van der Waals surface area contributed by atoms with Crippen LogP contribution in [0.2, 0.25) is 10.0 Å². The molecule has 0 bridgehead atoms. The van der Waals surface area contributed by atoms with Gasteiger partial charge in [-0.2, -0.15) is 5.26 Å². The highest BCUT2D eigenvalue weighted by Gasteiger charge is 2.36. The molecule has 0 radical (unpaired) electrons. The SMILES string of the molecule is Cc1cc2c(c(=O)n1Cc1cccnc1)C(c1c(Cl)cccc1Cl)C(C#N)=C(N)O2. The number of nitrogens with zero attached hydrogens (tertiary/aromatic N) is 3. The molecule has 4 rings (SSSR count). The first kappa shape index (κ1) is 20.0. The number of hydrogen-bond donors (Lipinski definition) is 1. The smallest absolute Gasteiger partial charge is 0.259 e. The van der Waals surface area contributed by atoms with E-state index in [0.717, 1.165) is 5.56 Å². The van der Waals surface area contributed by atoms with Crippen LogP contribution in [0, 0.1) is 18.3 Å². The van der Waals surface area contributed by atoms with Crippen molar-refractivity contribution in [3.05, 3.63) is 103 Å². The molecule has 8 heteroatoms. The van der Waals surface area contributed by atoms with Gasteiger partial charge in [0.2, 0.25) is 5.88 Å². The number of aryl methyl sites for hydroxylation is 1. The van der Waals surface area contributed by atoms with E-state index >= 15 is 0 Å². The van der Waals surface area contributed by atoms with Crippen molar-refractivity contribution in [3.63, 3.8) is 0 Å². The predicted octanol–water partition coefficient (Wildman–Crippen LogP) is 4.13. The lowest BCUT2D eigenvalue weighted by Gasteiger charge is -2.28. The molecule has 1 atom stereocenters. The highest BCUT2D eigenvalue weighted by Crippen LogP contribution is 2.45. The normalized spacial score (nSPS) is 15.3. The van der Waals surface area contributed by atoms with Gasteiger partial charge in [0, 0.05) is 39.8 Å². The van der Waals surface area contributed by atoms with Crippen molar-refractivity contribution in [2.24, 2.45) is 5.73 Å². The van der Waals surface area contributed by atoms with E-state index in [1.54, 1.807) is 54.2 Å². The van der Waals surface area contributed by atoms with Gasteiger partial charge in [0.25, 0.3) is 5.56 Å². The number of pyridine rings is 2. The lowest BCUT2D eigenvalue weighted by atomic mass is 9.84. The second kappa shape index (κ2) is 7.86. The molecule has 2 N–H and O–H groups in total. The van der Waals surface area contributed by atoms with Crippen LogP contribution in [0.25, 0.3) is 0 Å². The zero-order valence-corrected chi connectivity index (χ0v) is 17.4. The summed E-state index contributed by atoms with van der Waals surface area (Å²) in [4.78, 5) is 17.7. The van der Waals surface area contributed by atoms with Crippen LogP contribution in [0.5, 0.6) is 5.75 Å². The second-order valence-electron chi connectivity index (χ2n) is 6.88. The number of hydrogen-bond acceptors (Lipinski definition) is 5. The van der Waals surface area contributed by atoms with Gasteiger partial charge < -0.3 is 15.0 Å². The number of fused-ring (bicyclic) bond motifs is 1. The maximum Gasteiger partial charge on any atom is 0.259 e. The van der Waals surface area contributed by atoms with Gasteiger partial charge in [0.15, 0.2) is 0 Å². The average Bonchev–Trinajstić information content (AvgIpc) is 2.71. The molecule has 0 fully saturated rings.